The Bertz CT molecular complexity index is 1770. The van der Waals surface area contributed by atoms with Crippen LogP contribution in [-0.4, -0.2) is 60.8 Å². The van der Waals surface area contributed by atoms with Crippen molar-refractivity contribution in [2.24, 2.45) is 0 Å². The summed E-state index contributed by atoms with van der Waals surface area (Å²) >= 11 is 6.45. The first-order chi connectivity index (χ1) is 20.7. The van der Waals surface area contributed by atoms with Crippen LogP contribution in [0, 0.1) is 6.92 Å². The van der Waals surface area contributed by atoms with Gasteiger partial charge in [-0.1, -0.05) is 23.7 Å². The van der Waals surface area contributed by atoms with Gasteiger partial charge in [0.15, 0.2) is 15.7 Å². The van der Waals surface area contributed by atoms with Gasteiger partial charge in [-0.05, 0) is 89.6 Å². The van der Waals surface area contributed by atoms with E-state index in [1.165, 1.54) is 11.8 Å². The number of hydrogen-bond acceptors (Lipinski definition) is 9. The van der Waals surface area contributed by atoms with Crippen molar-refractivity contribution in [1.82, 2.24) is 14.3 Å². The second kappa shape index (κ2) is 12.5. The molecule has 0 spiro atoms. The largest absolute Gasteiger partial charge is 0.488 e. The van der Waals surface area contributed by atoms with Crippen molar-refractivity contribution in [3.63, 3.8) is 0 Å². The van der Waals surface area contributed by atoms with Crippen molar-refractivity contribution in [3.8, 4) is 5.75 Å². The van der Waals surface area contributed by atoms with Gasteiger partial charge in [0.2, 0.25) is 16.0 Å². The van der Waals surface area contributed by atoms with Crippen LogP contribution >= 0.6 is 11.6 Å². The molecule has 5 rings (SSSR count). The van der Waals surface area contributed by atoms with Crippen LogP contribution in [0.5, 0.6) is 5.75 Å². The van der Waals surface area contributed by atoms with Crippen molar-refractivity contribution in [1.29, 1.82) is 0 Å². The highest BCUT2D eigenvalue weighted by Crippen LogP contribution is 2.46. The van der Waals surface area contributed by atoms with Gasteiger partial charge in [0.05, 0.1) is 33.0 Å². The number of aromatic nitrogens is 2. The zero-order valence-corrected chi connectivity index (χ0v) is 28.3. The molecule has 3 aromatic rings. The lowest BCUT2D eigenvalue weighted by molar-refractivity contribution is 0.256. The molecule has 238 valence electrons. The maximum Gasteiger partial charge on any atom is 0.229 e. The number of fused-ring (bicyclic) bond motifs is 1. The lowest BCUT2D eigenvalue weighted by Crippen LogP contribution is -2.41. The smallest absolute Gasteiger partial charge is 0.229 e. The molecule has 0 amide bonds. The number of para-hydroxylation sites is 1. The highest BCUT2D eigenvalue weighted by Gasteiger charge is 2.35. The van der Waals surface area contributed by atoms with E-state index in [1.807, 2.05) is 13.0 Å². The molecule has 0 aliphatic carbocycles. The predicted octanol–water partition coefficient (Wildman–Crippen LogP) is 6.35. The number of sulfonamides is 1. The third kappa shape index (κ3) is 6.27. The number of nitrogens with zero attached hydrogens (tertiary/aromatic N) is 3. The molecule has 2 aromatic carbocycles. The lowest BCUT2D eigenvalue weighted by Gasteiger charge is -2.34. The van der Waals surface area contributed by atoms with Crippen LogP contribution in [-0.2, 0) is 26.3 Å². The summed E-state index contributed by atoms with van der Waals surface area (Å²) in [5.74, 6) is 1.51. The molecule has 1 atom stereocenters. The third-order valence-corrected chi connectivity index (χ3v) is 13.1. The summed E-state index contributed by atoms with van der Waals surface area (Å²) < 4.78 is 59.3. The van der Waals surface area contributed by atoms with Crippen molar-refractivity contribution >= 4 is 54.6 Å². The molecule has 1 aromatic heterocycles. The van der Waals surface area contributed by atoms with Crippen LogP contribution in [0.2, 0.25) is 5.02 Å². The Balaban J connectivity index is 1.42. The van der Waals surface area contributed by atoms with Gasteiger partial charge in [0.1, 0.15) is 16.9 Å². The van der Waals surface area contributed by atoms with Gasteiger partial charge < -0.3 is 15.4 Å². The van der Waals surface area contributed by atoms with Crippen LogP contribution in [0.4, 0.5) is 23.1 Å². The van der Waals surface area contributed by atoms with Gasteiger partial charge in [-0.3, -0.25) is 0 Å². The molecule has 1 fully saturated rings. The zero-order chi connectivity index (χ0) is 32.0. The average Bonchev–Trinajstić information content (AvgIpc) is 3.36. The summed E-state index contributed by atoms with van der Waals surface area (Å²) in [5.41, 5.74) is 4.55. The summed E-state index contributed by atoms with van der Waals surface area (Å²) in [6, 6.07) is 8.69. The molecule has 2 N–H and O–H groups in total. The summed E-state index contributed by atoms with van der Waals surface area (Å²) in [5, 5.41) is 5.60. The number of ether oxygens (including phenoxy) is 1. The number of hydrogen-bond donors (Lipinski definition) is 2. The summed E-state index contributed by atoms with van der Waals surface area (Å²) in [6.45, 7) is 11.8. The molecular weight excluding hydrogens is 622 g/mol. The summed E-state index contributed by atoms with van der Waals surface area (Å²) in [6.07, 6.45) is 3.70. The zero-order valence-electron chi connectivity index (χ0n) is 25.9. The van der Waals surface area contributed by atoms with Gasteiger partial charge in [-0.2, -0.15) is 4.98 Å². The molecule has 0 saturated carbocycles. The van der Waals surface area contributed by atoms with Crippen LogP contribution in [0.3, 0.4) is 0 Å². The summed E-state index contributed by atoms with van der Waals surface area (Å²) in [7, 11) is -6.83. The number of halogens is 1. The van der Waals surface area contributed by atoms with Gasteiger partial charge in [0.25, 0.3) is 0 Å². The van der Waals surface area contributed by atoms with Crippen molar-refractivity contribution in [2.45, 2.75) is 88.2 Å². The molecule has 10 nitrogen and oxygen atoms in total. The Hall–Kier alpha value is -2.93. The minimum Gasteiger partial charge on any atom is -0.488 e. The predicted molar refractivity (Wildman–Crippen MR) is 175 cm³/mol. The first kappa shape index (κ1) is 32.5. The van der Waals surface area contributed by atoms with E-state index in [-0.39, 0.29) is 33.7 Å². The van der Waals surface area contributed by atoms with E-state index in [1.54, 1.807) is 56.3 Å². The van der Waals surface area contributed by atoms with Gasteiger partial charge in [-0.15, -0.1) is 0 Å². The normalized spacial score (nSPS) is 18.0. The number of benzene rings is 2. The van der Waals surface area contributed by atoms with E-state index in [0.717, 1.165) is 41.8 Å². The van der Waals surface area contributed by atoms with E-state index in [4.69, 9.17) is 16.3 Å². The van der Waals surface area contributed by atoms with E-state index < -0.39 is 30.4 Å². The number of nitrogens with one attached hydrogen (secondary N) is 2. The first-order valence-corrected chi connectivity index (χ1v) is 18.3. The molecule has 44 heavy (non-hydrogen) atoms. The third-order valence-electron chi connectivity index (χ3n) is 8.32. The fourth-order valence-corrected chi connectivity index (χ4v) is 8.60. The van der Waals surface area contributed by atoms with Gasteiger partial charge >= 0.3 is 0 Å². The Morgan fingerprint density at radius 1 is 1.00 bits per heavy atom. The number of piperidine rings is 1. The fourth-order valence-electron chi connectivity index (χ4n) is 5.94. The molecule has 1 unspecified atom stereocenters. The molecule has 2 aliphatic heterocycles. The Morgan fingerprint density at radius 2 is 1.68 bits per heavy atom. The van der Waals surface area contributed by atoms with Gasteiger partial charge in [-0.25, -0.2) is 26.1 Å². The minimum absolute atomic E-state index is 0.0183. The molecule has 13 heteroatoms. The number of rotatable bonds is 9. The van der Waals surface area contributed by atoms with E-state index in [2.05, 4.69) is 27.5 Å². The number of aryl methyl sites for hydroxylation is 1. The van der Waals surface area contributed by atoms with Crippen LogP contribution in [0.25, 0.3) is 0 Å². The lowest BCUT2D eigenvalue weighted by atomic mass is 9.83. The number of sulfone groups is 1. The molecule has 3 heterocycles. The second-order valence-corrected chi connectivity index (χ2v) is 17.5. The highest BCUT2D eigenvalue weighted by molar-refractivity contribution is 7.92. The van der Waals surface area contributed by atoms with Gasteiger partial charge in [0, 0.05) is 25.1 Å². The monoisotopic (exact) mass is 661 g/mol. The van der Waals surface area contributed by atoms with Crippen molar-refractivity contribution < 1.29 is 21.6 Å². The summed E-state index contributed by atoms with van der Waals surface area (Å²) in [4.78, 5) is 9.13. The Morgan fingerprint density at radius 3 is 2.34 bits per heavy atom. The highest BCUT2D eigenvalue weighted by atomic mass is 35.5. The Labute approximate surface area is 265 Å². The van der Waals surface area contributed by atoms with E-state index in [0.29, 0.717) is 18.8 Å². The SMILES string of the molecule is Cc1cc(Nc2ncc(Cl)c(Nc3ccccc3S(=O)(=O)C(C)C)n2)c2c(c1C1CCN(S(=O)(=O)C(C)C)CC1)CC(C)O2. The van der Waals surface area contributed by atoms with Crippen LogP contribution in [0.1, 0.15) is 70.1 Å². The first-order valence-electron chi connectivity index (χ1n) is 14.9. The van der Waals surface area contributed by atoms with Crippen LogP contribution < -0.4 is 15.4 Å². The maximum atomic E-state index is 13.0. The average molecular weight is 662 g/mol. The molecule has 1 saturated heterocycles. The van der Waals surface area contributed by atoms with Crippen LogP contribution in [0.15, 0.2) is 41.4 Å². The molecule has 0 radical (unpaired) electrons. The quantitative estimate of drug-likeness (QED) is 0.269. The van der Waals surface area contributed by atoms with Crippen molar-refractivity contribution in [2.75, 3.05) is 23.7 Å². The number of anilines is 4. The fraction of sp³-hybridized carbons (Fsp3) is 0.484. The minimum atomic E-state index is -3.56. The topological polar surface area (TPSA) is 131 Å². The Kier molecular flexibility index (Phi) is 9.19. The standard InChI is InChI=1S/C31H40ClN5O5S2/c1-18(2)43(38,39)27-10-8-7-9-25(27)34-30-24(32)17-33-31(36-30)35-26-15-20(5)28(23-16-21(6)42-29(23)26)22-11-13-37(14-12-22)44(40,41)19(3)4/h7-10,15,17-19,21-22H,11-14,16H2,1-6H3,(H2,33,34,35,36). The molecular formula is C31H40ClN5O5S2. The van der Waals surface area contributed by atoms with Crippen molar-refractivity contribution in [3.05, 3.63) is 58.2 Å². The molecule has 2 aliphatic rings. The van der Waals surface area contributed by atoms with E-state index >= 15 is 0 Å². The maximum absolute atomic E-state index is 13.0. The molecule has 0 bridgehead atoms. The van der Waals surface area contributed by atoms with E-state index in [9.17, 15) is 16.8 Å². The second-order valence-electron chi connectivity index (χ2n) is 12.1.